The van der Waals surface area contributed by atoms with Gasteiger partial charge in [-0.25, -0.2) is 9.78 Å². The van der Waals surface area contributed by atoms with Gasteiger partial charge in [0.15, 0.2) is 0 Å². The summed E-state index contributed by atoms with van der Waals surface area (Å²) in [6, 6.07) is -0.0844. The summed E-state index contributed by atoms with van der Waals surface area (Å²) in [5.41, 5.74) is 0. The highest BCUT2D eigenvalue weighted by Gasteiger charge is 2.23. The largest absolute Gasteiger partial charge is 0.376 e. The third-order valence-electron chi connectivity index (χ3n) is 3.10. The van der Waals surface area contributed by atoms with Crippen LogP contribution in [0.15, 0.2) is 18.7 Å². The summed E-state index contributed by atoms with van der Waals surface area (Å²) in [4.78, 5) is 15.6. The first-order valence-electron chi connectivity index (χ1n) is 6.37. The number of hydrogen-bond donors (Lipinski definition) is 2. The van der Waals surface area contributed by atoms with Crippen molar-refractivity contribution in [2.45, 2.75) is 38.5 Å². The van der Waals surface area contributed by atoms with Gasteiger partial charge in [-0.1, -0.05) is 0 Å². The Bertz CT molecular complexity index is 360. The molecule has 2 amide bonds. The summed E-state index contributed by atoms with van der Waals surface area (Å²) in [6.45, 7) is 4.09. The lowest BCUT2D eigenvalue weighted by molar-refractivity contribution is 0.0860. The maximum absolute atomic E-state index is 11.6. The normalized spacial score (nSPS) is 20.6. The van der Waals surface area contributed by atoms with Crippen LogP contribution in [-0.4, -0.2) is 40.9 Å². The van der Waals surface area contributed by atoms with Crippen LogP contribution in [-0.2, 0) is 11.3 Å². The van der Waals surface area contributed by atoms with Crippen LogP contribution in [0.25, 0.3) is 0 Å². The van der Waals surface area contributed by atoms with Crippen LogP contribution in [0.5, 0.6) is 0 Å². The number of amides is 2. The first-order valence-corrected chi connectivity index (χ1v) is 6.37. The van der Waals surface area contributed by atoms with Gasteiger partial charge in [-0.15, -0.1) is 0 Å². The van der Waals surface area contributed by atoms with Crippen LogP contribution < -0.4 is 10.6 Å². The molecule has 0 aromatic carbocycles. The van der Waals surface area contributed by atoms with Crippen molar-refractivity contribution < 1.29 is 9.53 Å². The Morgan fingerprint density at radius 3 is 3.22 bits per heavy atom. The predicted molar refractivity (Wildman–Crippen MR) is 67.2 cm³/mol. The van der Waals surface area contributed by atoms with Crippen LogP contribution in [0.1, 0.15) is 19.8 Å². The van der Waals surface area contributed by atoms with Crippen molar-refractivity contribution in [1.29, 1.82) is 0 Å². The van der Waals surface area contributed by atoms with Gasteiger partial charge in [0, 0.05) is 32.1 Å². The highest BCUT2D eigenvalue weighted by atomic mass is 16.5. The molecule has 1 fully saturated rings. The minimum absolute atomic E-state index is 0.0562. The maximum atomic E-state index is 11.6. The zero-order valence-corrected chi connectivity index (χ0v) is 10.6. The first-order chi connectivity index (χ1) is 8.75. The average Bonchev–Trinajstić information content (AvgIpc) is 3.02. The number of imidazole rings is 1. The SMILES string of the molecule is C[C@@H](NC(=O)NCCn1ccnc1)[C@H]1CCCO1. The van der Waals surface area contributed by atoms with Crippen molar-refractivity contribution >= 4 is 6.03 Å². The monoisotopic (exact) mass is 252 g/mol. The molecule has 2 rings (SSSR count). The second-order valence-electron chi connectivity index (χ2n) is 4.54. The van der Waals surface area contributed by atoms with E-state index in [0.717, 1.165) is 26.0 Å². The number of aromatic nitrogens is 2. The topological polar surface area (TPSA) is 68.2 Å². The molecule has 0 aliphatic carbocycles. The van der Waals surface area contributed by atoms with E-state index in [1.807, 2.05) is 17.7 Å². The molecule has 1 aromatic heterocycles. The molecule has 2 heterocycles. The Labute approximate surface area is 107 Å². The molecule has 0 spiro atoms. The van der Waals surface area contributed by atoms with Crippen molar-refractivity contribution in [3.05, 3.63) is 18.7 Å². The van der Waals surface area contributed by atoms with E-state index >= 15 is 0 Å². The molecule has 0 unspecified atom stereocenters. The van der Waals surface area contributed by atoms with Gasteiger partial charge in [0.05, 0.1) is 18.5 Å². The lowest BCUT2D eigenvalue weighted by atomic mass is 10.1. The third kappa shape index (κ3) is 3.73. The molecule has 2 N–H and O–H groups in total. The molecule has 0 radical (unpaired) electrons. The summed E-state index contributed by atoms with van der Waals surface area (Å²) in [5, 5.41) is 5.72. The summed E-state index contributed by atoms with van der Waals surface area (Å²) in [5.74, 6) is 0. The van der Waals surface area contributed by atoms with Gasteiger partial charge in [-0.2, -0.15) is 0 Å². The standard InChI is InChI=1S/C12H20N4O2/c1-10(11-3-2-8-18-11)15-12(17)14-5-7-16-6-4-13-9-16/h4,6,9-11H,2-3,5,7-8H2,1H3,(H2,14,15,17)/t10-,11-/m1/s1. The maximum Gasteiger partial charge on any atom is 0.315 e. The summed E-state index contributed by atoms with van der Waals surface area (Å²) < 4.78 is 7.44. The Morgan fingerprint density at radius 1 is 1.67 bits per heavy atom. The number of urea groups is 1. The molecule has 1 aliphatic rings. The van der Waals surface area contributed by atoms with Crippen LogP contribution >= 0.6 is 0 Å². The smallest absolute Gasteiger partial charge is 0.315 e. The second-order valence-corrected chi connectivity index (χ2v) is 4.54. The Kier molecular flexibility index (Phi) is 4.58. The molecule has 1 aliphatic heterocycles. The highest BCUT2D eigenvalue weighted by molar-refractivity contribution is 5.74. The Balaban J connectivity index is 1.62. The summed E-state index contributed by atoms with van der Waals surface area (Å²) in [7, 11) is 0. The van der Waals surface area contributed by atoms with E-state index in [9.17, 15) is 4.79 Å². The van der Waals surface area contributed by atoms with Gasteiger partial charge in [-0.05, 0) is 19.8 Å². The van der Waals surface area contributed by atoms with Crippen molar-refractivity contribution in [3.8, 4) is 0 Å². The van der Waals surface area contributed by atoms with Crippen LogP contribution in [0.2, 0.25) is 0 Å². The lowest BCUT2D eigenvalue weighted by Crippen LogP contribution is -2.46. The molecular formula is C12H20N4O2. The number of hydrogen-bond acceptors (Lipinski definition) is 3. The highest BCUT2D eigenvalue weighted by Crippen LogP contribution is 2.15. The van der Waals surface area contributed by atoms with Crippen molar-refractivity contribution in [2.24, 2.45) is 0 Å². The number of ether oxygens (including phenoxy) is 1. The fourth-order valence-electron chi connectivity index (χ4n) is 2.07. The van der Waals surface area contributed by atoms with E-state index in [1.54, 1.807) is 12.5 Å². The van der Waals surface area contributed by atoms with E-state index in [1.165, 1.54) is 0 Å². The van der Waals surface area contributed by atoms with Gasteiger partial charge < -0.3 is 19.9 Å². The zero-order chi connectivity index (χ0) is 12.8. The van der Waals surface area contributed by atoms with Gasteiger partial charge in [0.2, 0.25) is 0 Å². The number of carbonyl (C=O) groups excluding carboxylic acids is 1. The van der Waals surface area contributed by atoms with Gasteiger partial charge in [0.1, 0.15) is 0 Å². The number of nitrogens with zero attached hydrogens (tertiary/aromatic N) is 2. The van der Waals surface area contributed by atoms with E-state index < -0.39 is 0 Å². The lowest BCUT2D eigenvalue weighted by Gasteiger charge is -2.20. The molecule has 0 saturated carbocycles. The molecule has 1 saturated heterocycles. The van der Waals surface area contributed by atoms with E-state index in [4.69, 9.17) is 4.74 Å². The average molecular weight is 252 g/mol. The molecule has 18 heavy (non-hydrogen) atoms. The summed E-state index contributed by atoms with van der Waals surface area (Å²) in [6.07, 6.45) is 7.59. The van der Waals surface area contributed by atoms with Crippen LogP contribution in [0.3, 0.4) is 0 Å². The minimum atomic E-state index is -0.141. The molecule has 100 valence electrons. The number of carbonyl (C=O) groups is 1. The molecular weight excluding hydrogens is 232 g/mol. The van der Waals surface area contributed by atoms with Gasteiger partial charge in [0.25, 0.3) is 0 Å². The first kappa shape index (κ1) is 12.9. The molecule has 0 bridgehead atoms. The fourth-order valence-corrected chi connectivity index (χ4v) is 2.07. The molecule has 1 aromatic rings. The zero-order valence-electron chi connectivity index (χ0n) is 10.6. The third-order valence-corrected chi connectivity index (χ3v) is 3.10. The Morgan fingerprint density at radius 2 is 2.56 bits per heavy atom. The van der Waals surface area contributed by atoms with Crippen molar-refractivity contribution in [3.63, 3.8) is 0 Å². The van der Waals surface area contributed by atoms with E-state index in [2.05, 4.69) is 15.6 Å². The number of rotatable bonds is 5. The minimum Gasteiger partial charge on any atom is -0.376 e. The van der Waals surface area contributed by atoms with Crippen LogP contribution in [0.4, 0.5) is 4.79 Å². The molecule has 2 atom stereocenters. The molecule has 6 nitrogen and oxygen atoms in total. The van der Waals surface area contributed by atoms with Crippen LogP contribution in [0, 0.1) is 0 Å². The Hall–Kier alpha value is -1.56. The van der Waals surface area contributed by atoms with E-state index in [-0.39, 0.29) is 18.2 Å². The molecule has 6 heteroatoms. The van der Waals surface area contributed by atoms with Gasteiger partial charge >= 0.3 is 6.03 Å². The van der Waals surface area contributed by atoms with Crippen molar-refractivity contribution in [1.82, 2.24) is 20.2 Å². The predicted octanol–water partition coefficient (Wildman–Crippen LogP) is 0.750. The quantitative estimate of drug-likeness (QED) is 0.812. The van der Waals surface area contributed by atoms with Gasteiger partial charge in [-0.3, -0.25) is 0 Å². The summed E-state index contributed by atoms with van der Waals surface area (Å²) >= 11 is 0. The fraction of sp³-hybridized carbons (Fsp3) is 0.667. The second kappa shape index (κ2) is 6.39. The van der Waals surface area contributed by atoms with E-state index in [0.29, 0.717) is 6.54 Å². The number of nitrogens with one attached hydrogen (secondary N) is 2. The van der Waals surface area contributed by atoms with Crippen molar-refractivity contribution in [2.75, 3.05) is 13.2 Å².